The largest absolute Gasteiger partial charge is 0.398 e. The van der Waals surface area contributed by atoms with Crippen LogP contribution >= 0.6 is 0 Å². The molecule has 3 heteroatoms. The van der Waals surface area contributed by atoms with Gasteiger partial charge in [-0.05, 0) is 67.3 Å². The predicted molar refractivity (Wildman–Crippen MR) is 119 cm³/mol. The fourth-order valence-corrected chi connectivity index (χ4v) is 4.51. The number of azo groups is 1. The molecule has 0 spiro atoms. The highest BCUT2D eigenvalue weighted by Gasteiger charge is 2.21. The highest BCUT2D eigenvalue weighted by Crippen LogP contribution is 2.38. The van der Waals surface area contributed by atoms with Crippen molar-refractivity contribution in [3.8, 4) is 0 Å². The van der Waals surface area contributed by atoms with Gasteiger partial charge < -0.3 is 5.73 Å². The summed E-state index contributed by atoms with van der Waals surface area (Å²) >= 11 is 0. The van der Waals surface area contributed by atoms with E-state index in [1.165, 1.54) is 44.1 Å². The Morgan fingerprint density at radius 1 is 0.821 bits per heavy atom. The van der Waals surface area contributed by atoms with Gasteiger partial charge in [0.25, 0.3) is 0 Å². The van der Waals surface area contributed by atoms with Crippen molar-refractivity contribution in [3.05, 3.63) is 66.2 Å². The zero-order valence-electron chi connectivity index (χ0n) is 16.6. The van der Waals surface area contributed by atoms with E-state index in [4.69, 9.17) is 5.73 Å². The second kappa shape index (κ2) is 8.55. The molecule has 1 aliphatic rings. The quantitative estimate of drug-likeness (QED) is 0.359. The Bertz CT molecular complexity index is 951. The average Bonchev–Trinajstić information content (AvgIpc) is 2.75. The van der Waals surface area contributed by atoms with Crippen LogP contribution in [0.25, 0.3) is 10.8 Å². The maximum Gasteiger partial charge on any atom is 0.0936 e. The van der Waals surface area contributed by atoms with E-state index in [-0.39, 0.29) is 0 Å². The van der Waals surface area contributed by atoms with Crippen molar-refractivity contribution in [3.63, 3.8) is 0 Å². The maximum atomic E-state index is 6.07. The van der Waals surface area contributed by atoms with Crippen molar-refractivity contribution >= 4 is 27.8 Å². The van der Waals surface area contributed by atoms with E-state index in [2.05, 4.69) is 41.4 Å². The molecule has 0 aromatic heterocycles. The fraction of sp³-hybridized carbons (Fsp3) is 0.360. The van der Waals surface area contributed by atoms with Crippen LogP contribution in [0.2, 0.25) is 0 Å². The standard InChI is InChI=1S/C25H29N3/c1-2-5-18-8-10-19(11-9-18)20-12-14-21(15-13-20)27-28-25-17-16-24(26)22-6-3-4-7-23(22)25/h3-4,6-7,12-19H,2,5,8-11,26H2,1H3. The number of hydrogen-bond donors (Lipinski definition) is 1. The van der Waals surface area contributed by atoms with Crippen LogP contribution in [0.15, 0.2) is 70.9 Å². The van der Waals surface area contributed by atoms with Gasteiger partial charge in [-0.1, -0.05) is 56.2 Å². The molecule has 3 nitrogen and oxygen atoms in total. The van der Waals surface area contributed by atoms with Crippen LogP contribution in [0, 0.1) is 5.92 Å². The molecule has 2 N–H and O–H groups in total. The Hall–Kier alpha value is -2.68. The molecule has 0 radical (unpaired) electrons. The molecule has 0 saturated heterocycles. The molecule has 28 heavy (non-hydrogen) atoms. The molecule has 4 rings (SSSR count). The van der Waals surface area contributed by atoms with Gasteiger partial charge in [0.1, 0.15) is 0 Å². The Morgan fingerprint density at radius 2 is 1.54 bits per heavy atom. The summed E-state index contributed by atoms with van der Waals surface area (Å²) in [6.45, 7) is 2.30. The fourth-order valence-electron chi connectivity index (χ4n) is 4.51. The van der Waals surface area contributed by atoms with Gasteiger partial charge >= 0.3 is 0 Å². The van der Waals surface area contributed by atoms with Gasteiger partial charge in [-0.15, -0.1) is 5.11 Å². The van der Waals surface area contributed by atoms with E-state index in [1.54, 1.807) is 0 Å². The van der Waals surface area contributed by atoms with Gasteiger partial charge in [0.2, 0.25) is 0 Å². The van der Waals surface area contributed by atoms with E-state index in [0.29, 0.717) is 5.92 Å². The first-order valence-corrected chi connectivity index (χ1v) is 10.5. The number of nitrogens with zero attached hydrogens (tertiary/aromatic N) is 2. The zero-order chi connectivity index (χ0) is 19.3. The van der Waals surface area contributed by atoms with Crippen LogP contribution in [-0.4, -0.2) is 0 Å². The van der Waals surface area contributed by atoms with Crippen LogP contribution in [0.3, 0.4) is 0 Å². The predicted octanol–water partition coefficient (Wildman–Crippen LogP) is 7.91. The molecule has 1 saturated carbocycles. The second-order valence-corrected chi connectivity index (χ2v) is 8.02. The first-order chi connectivity index (χ1) is 13.7. The summed E-state index contributed by atoms with van der Waals surface area (Å²) in [6.07, 6.45) is 8.12. The molecule has 3 aromatic rings. The van der Waals surface area contributed by atoms with Crippen molar-refractivity contribution in [2.75, 3.05) is 5.73 Å². The number of fused-ring (bicyclic) bond motifs is 1. The summed E-state index contributed by atoms with van der Waals surface area (Å²) in [5.41, 5.74) is 10.0. The van der Waals surface area contributed by atoms with E-state index in [1.807, 2.05) is 36.4 Å². The highest BCUT2D eigenvalue weighted by atomic mass is 15.1. The summed E-state index contributed by atoms with van der Waals surface area (Å²) in [4.78, 5) is 0. The molecule has 1 fully saturated rings. The topological polar surface area (TPSA) is 50.7 Å². The Balaban J connectivity index is 1.46. The van der Waals surface area contributed by atoms with Crippen LogP contribution in [0.4, 0.5) is 17.1 Å². The normalized spacial score (nSPS) is 20.0. The number of anilines is 1. The molecule has 0 bridgehead atoms. The maximum absolute atomic E-state index is 6.07. The minimum Gasteiger partial charge on any atom is -0.398 e. The smallest absolute Gasteiger partial charge is 0.0936 e. The van der Waals surface area contributed by atoms with Crippen LogP contribution in [0.1, 0.15) is 56.9 Å². The summed E-state index contributed by atoms with van der Waals surface area (Å²) in [7, 11) is 0. The SMILES string of the molecule is CCCC1CCC(c2ccc(N=Nc3ccc(N)c4ccccc34)cc2)CC1. The lowest BCUT2D eigenvalue weighted by molar-refractivity contribution is 0.308. The van der Waals surface area contributed by atoms with Crippen molar-refractivity contribution in [1.82, 2.24) is 0 Å². The Labute approximate surface area is 167 Å². The van der Waals surface area contributed by atoms with E-state index in [0.717, 1.165) is 33.8 Å². The highest BCUT2D eigenvalue weighted by molar-refractivity contribution is 5.99. The van der Waals surface area contributed by atoms with Crippen molar-refractivity contribution in [1.29, 1.82) is 0 Å². The van der Waals surface area contributed by atoms with Gasteiger partial charge in [-0.3, -0.25) is 0 Å². The van der Waals surface area contributed by atoms with Crippen LogP contribution in [0.5, 0.6) is 0 Å². The first-order valence-electron chi connectivity index (χ1n) is 10.5. The van der Waals surface area contributed by atoms with Gasteiger partial charge in [-0.25, -0.2) is 0 Å². The average molecular weight is 372 g/mol. The molecule has 3 aromatic carbocycles. The van der Waals surface area contributed by atoms with Crippen molar-refractivity contribution < 1.29 is 0 Å². The minimum absolute atomic E-state index is 0.708. The van der Waals surface area contributed by atoms with E-state index >= 15 is 0 Å². The van der Waals surface area contributed by atoms with Gasteiger partial charge in [0, 0.05) is 16.5 Å². The first kappa shape index (κ1) is 18.7. The second-order valence-electron chi connectivity index (χ2n) is 8.02. The molecule has 0 aliphatic heterocycles. The molecule has 0 heterocycles. The Morgan fingerprint density at radius 3 is 2.25 bits per heavy atom. The van der Waals surface area contributed by atoms with Crippen molar-refractivity contribution in [2.45, 2.75) is 51.4 Å². The lowest BCUT2D eigenvalue weighted by Crippen LogP contribution is -2.13. The lowest BCUT2D eigenvalue weighted by atomic mass is 9.77. The summed E-state index contributed by atoms with van der Waals surface area (Å²) in [6, 6.07) is 20.6. The van der Waals surface area contributed by atoms with Crippen LogP contribution in [-0.2, 0) is 0 Å². The zero-order valence-corrected chi connectivity index (χ0v) is 16.6. The number of hydrogen-bond acceptors (Lipinski definition) is 3. The third-order valence-electron chi connectivity index (χ3n) is 6.12. The van der Waals surface area contributed by atoms with Crippen LogP contribution < -0.4 is 5.73 Å². The van der Waals surface area contributed by atoms with Gasteiger partial charge in [0.05, 0.1) is 11.4 Å². The molecule has 0 unspecified atom stereocenters. The lowest BCUT2D eigenvalue weighted by Gasteiger charge is -2.28. The number of nitrogen functional groups attached to an aromatic ring is 1. The molecular formula is C25H29N3. The number of benzene rings is 3. The summed E-state index contributed by atoms with van der Waals surface area (Å²) < 4.78 is 0. The van der Waals surface area contributed by atoms with E-state index in [9.17, 15) is 0 Å². The molecule has 0 atom stereocenters. The van der Waals surface area contributed by atoms with Gasteiger partial charge in [-0.2, -0.15) is 5.11 Å². The third kappa shape index (κ3) is 4.09. The summed E-state index contributed by atoms with van der Waals surface area (Å²) in [5.74, 6) is 1.66. The van der Waals surface area contributed by atoms with Gasteiger partial charge in [0.15, 0.2) is 0 Å². The van der Waals surface area contributed by atoms with Crippen molar-refractivity contribution in [2.24, 2.45) is 16.1 Å². The molecular weight excluding hydrogens is 342 g/mol. The summed E-state index contributed by atoms with van der Waals surface area (Å²) in [5, 5.41) is 11.0. The minimum atomic E-state index is 0.708. The molecule has 0 amide bonds. The van der Waals surface area contributed by atoms with E-state index < -0.39 is 0 Å². The number of rotatable bonds is 5. The molecule has 144 valence electrons. The monoisotopic (exact) mass is 371 g/mol. The number of nitrogens with two attached hydrogens (primary N) is 1. The molecule has 1 aliphatic carbocycles. The third-order valence-corrected chi connectivity index (χ3v) is 6.12. The Kier molecular flexibility index (Phi) is 5.70.